The van der Waals surface area contributed by atoms with Crippen molar-refractivity contribution in [2.75, 3.05) is 0 Å². The molecule has 0 radical (unpaired) electrons. The molecule has 2 unspecified atom stereocenters. The minimum absolute atomic E-state index is 0.107. The molecule has 0 bridgehead atoms. The molecule has 18 heavy (non-hydrogen) atoms. The van der Waals surface area contributed by atoms with Crippen LogP contribution in [0.1, 0.15) is 37.2 Å². The normalized spacial score (nSPS) is 28.7. The number of imide groups is 1. The summed E-state index contributed by atoms with van der Waals surface area (Å²) < 4.78 is 0. The Labute approximate surface area is 107 Å². The Balaban J connectivity index is 1.92. The summed E-state index contributed by atoms with van der Waals surface area (Å²) in [5, 5.41) is 2.48. The highest BCUT2D eigenvalue weighted by Crippen LogP contribution is 2.44. The van der Waals surface area contributed by atoms with Crippen molar-refractivity contribution in [2.24, 2.45) is 11.8 Å². The summed E-state index contributed by atoms with van der Waals surface area (Å²) in [5.41, 5.74) is 1.04. The van der Waals surface area contributed by atoms with Crippen LogP contribution in [0, 0.1) is 11.8 Å². The van der Waals surface area contributed by atoms with Gasteiger partial charge in [-0.3, -0.25) is 14.9 Å². The van der Waals surface area contributed by atoms with Crippen molar-refractivity contribution in [2.45, 2.75) is 31.6 Å². The first-order valence-electron chi connectivity index (χ1n) is 6.64. The summed E-state index contributed by atoms with van der Waals surface area (Å²) in [6.07, 6.45) is 4.05. The monoisotopic (exact) mass is 243 g/mol. The summed E-state index contributed by atoms with van der Waals surface area (Å²) in [6, 6.07) is 9.85. The maximum atomic E-state index is 12.1. The van der Waals surface area contributed by atoms with E-state index in [0.717, 1.165) is 18.4 Å². The molecule has 1 heterocycles. The number of piperidine rings is 1. The van der Waals surface area contributed by atoms with E-state index in [2.05, 4.69) is 5.32 Å². The molecule has 1 N–H and O–H groups in total. The lowest BCUT2D eigenvalue weighted by molar-refractivity contribution is -0.138. The van der Waals surface area contributed by atoms with E-state index in [9.17, 15) is 9.59 Å². The Hall–Kier alpha value is -1.64. The molecule has 3 heteroatoms. The molecule has 3 nitrogen and oxygen atoms in total. The third-order valence-corrected chi connectivity index (χ3v) is 4.31. The number of rotatable bonds is 2. The number of carbonyl (C=O) groups excluding carboxylic acids is 2. The molecule has 1 saturated heterocycles. The van der Waals surface area contributed by atoms with Gasteiger partial charge < -0.3 is 0 Å². The first kappa shape index (κ1) is 11.5. The molecular weight excluding hydrogens is 226 g/mol. The van der Waals surface area contributed by atoms with Gasteiger partial charge in [-0.2, -0.15) is 0 Å². The van der Waals surface area contributed by atoms with Gasteiger partial charge >= 0.3 is 0 Å². The van der Waals surface area contributed by atoms with Crippen molar-refractivity contribution in [3.8, 4) is 0 Å². The third kappa shape index (κ3) is 1.94. The molecule has 0 spiro atoms. The molecule has 1 aliphatic carbocycles. The molecule has 1 saturated carbocycles. The molecule has 1 aliphatic heterocycles. The van der Waals surface area contributed by atoms with Gasteiger partial charge in [0.1, 0.15) is 0 Å². The van der Waals surface area contributed by atoms with Gasteiger partial charge in [-0.05, 0) is 17.4 Å². The minimum atomic E-state index is -0.144. The summed E-state index contributed by atoms with van der Waals surface area (Å²) >= 11 is 0. The predicted octanol–water partition coefficient (Wildman–Crippen LogP) is 2.23. The van der Waals surface area contributed by atoms with E-state index in [-0.39, 0.29) is 23.7 Å². The van der Waals surface area contributed by atoms with Gasteiger partial charge in [0.05, 0.1) is 5.92 Å². The van der Waals surface area contributed by atoms with Crippen LogP contribution in [0.5, 0.6) is 0 Å². The maximum absolute atomic E-state index is 12.1. The zero-order valence-electron chi connectivity index (χ0n) is 10.3. The van der Waals surface area contributed by atoms with E-state index >= 15 is 0 Å². The summed E-state index contributed by atoms with van der Waals surface area (Å²) in [7, 11) is 0. The Bertz CT molecular complexity index is 465. The van der Waals surface area contributed by atoms with Crippen LogP contribution < -0.4 is 5.32 Å². The number of hydrogen-bond acceptors (Lipinski definition) is 2. The first-order valence-corrected chi connectivity index (χ1v) is 6.64. The molecule has 2 atom stereocenters. The van der Waals surface area contributed by atoms with Gasteiger partial charge in [-0.1, -0.05) is 49.6 Å². The van der Waals surface area contributed by atoms with Gasteiger partial charge in [0.15, 0.2) is 0 Å². The Kier molecular flexibility index (Phi) is 2.90. The lowest BCUT2D eigenvalue weighted by atomic mass is 9.66. The van der Waals surface area contributed by atoms with Gasteiger partial charge in [0, 0.05) is 6.42 Å². The van der Waals surface area contributed by atoms with Crippen molar-refractivity contribution in [1.29, 1.82) is 0 Å². The van der Waals surface area contributed by atoms with Crippen LogP contribution in [0.3, 0.4) is 0 Å². The smallest absolute Gasteiger partial charge is 0.234 e. The van der Waals surface area contributed by atoms with E-state index in [0.29, 0.717) is 12.3 Å². The number of nitrogens with one attached hydrogen (secondary N) is 1. The zero-order chi connectivity index (χ0) is 12.5. The minimum Gasteiger partial charge on any atom is -0.296 e. The number of hydrogen-bond donors (Lipinski definition) is 1. The van der Waals surface area contributed by atoms with E-state index in [4.69, 9.17) is 0 Å². The van der Waals surface area contributed by atoms with Crippen molar-refractivity contribution in [3.05, 3.63) is 35.9 Å². The second-order valence-electron chi connectivity index (χ2n) is 5.36. The first-order chi connectivity index (χ1) is 8.75. The molecule has 1 aromatic rings. The second kappa shape index (κ2) is 4.56. The van der Waals surface area contributed by atoms with Crippen molar-refractivity contribution >= 4 is 11.8 Å². The van der Waals surface area contributed by atoms with Crippen LogP contribution in [0.25, 0.3) is 0 Å². The Morgan fingerprint density at radius 3 is 2.39 bits per heavy atom. The van der Waals surface area contributed by atoms with E-state index in [1.807, 2.05) is 30.3 Å². The molecule has 2 aliphatic rings. The van der Waals surface area contributed by atoms with Crippen molar-refractivity contribution in [1.82, 2.24) is 5.32 Å². The highest BCUT2D eigenvalue weighted by molar-refractivity contribution is 6.01. The standard InChI is InChI=1S/C15H17NO2/c17-13-9-12(10-7-4-8-10)14(15(18)16-13)11-5-2-1-3-6-11/h1-3,5-6,10,12,14H,4,7-9H2,(H,16,17,18). The topological polar surface area (TPSA) is 46.2 Å². The summed E-state index contributed by atoms with van der Waals surface area (Å²) in [4.78, 5) is 23.7. The molecule has 3 rings (SSSR count). The third-order valence-electron chi connectivity index (χ3n) is 4.31. The van der Waals surface area contributed by atoms with Crippen LogP contribution in [0.4, 0.5) is 0 Å². The number of benzene rings is 1. The SMILES string of the molecule is O=C1CC(C2CCC2)C(c2ccccc2)C(=O)N1. The van der Waals surface area contributed by atoms with Crippen LogP contribution in [0.2, 0.25) is 0 Å². The highest BCUT2D eigenvalue weighted by atomic mass is 16.2. The number of amides is 2. The lowest BCUT2D eigenvalue weighted by Crippen LogP contribution is -2.47. The fourth-order valence-electron chi connectivity index (χ4n) is 3.16. The summed E-state index contributed by atoms with van der Waals surface area (Å²) in [5.74, 6) is 0.375. The highest BCUT2D eigenvalue weighted by Gasteiger charge is 2.42. The Morgan fingerprint density at radius 2 is 1.78 bits per heavy atom. The fraction of sp³-hybridized carbons (Fsp3) is 0.467. The molecule has 2 amide bonds. The quantitative estimate of drug-likeness (QED) is 0.810. The fourth-order valence-corrected chi connectivity index (χ4v) is 3.16. The molecular formula is C15H17NO2. The van der Waals surface area contributed by atoms with E-state index in [1.54, 1.807) is 0 Å². The van der Waals surface area contributed by atoms with Crippen molar-refractivity contribution in [3.63, 3.8) is 0 Å². The van der Waals surface area contributed by atoms with E-state index in [1.165, 1.54) is 6.42 Å². The molecule has 94 valence electrons. The Morgan fingerprint density at radius 1 is 1.06 bits per heavy atom. The maximum Gasteiger partial charge on any atom is 0.234 e. The van der Waals surface area contributed by atoms with Crippen LogP contribution in [-0.2, 0) is 9.59 Å². The van der Waals surface area contributed by atoms with Gasteiger partial charge in [-0.25, -0.2) is 0 Å². The second-order valence-corrected chi connectivity index (χ2v) is 5.36. The average molecular weight is 243 g/mol. The van der Waals surface area contributed by atoms with Crippen LogP contribution in [-0.4, -0.2) is 11.8 Å². The van der Waals surface area contributed by atoms with Crippen molar-refractivity contribution < 1.29 is 9.59 Å². The number of carbonyl (C=O) groups is 2. The van der Waals surface area contributed by atoms with Crippen LogP contribution >= 0.6 is 0 Å². The van der Waals surface area contributed by atoms with Gasteiger partial charge in [0.2, 0.25) is 11.8 Å². The zero-order valence-corrected chi connectivity index (χ0v) is 10.3. The van der Waals surface area contributed by atoms with Gasteiger partial charge in [0.25, 0.3) is 0 Å². The van der Waals surface area contributed by atoms with Crippen LogP contribution in [0.15, 0.2) is 30.3 Å². The summed E-state index contributed by atoms with van der Waals surface area (Å²) in [6.45, 7) is 0. The molecule has 1 aromatic carbocycles. The lowest BCUT2D eigenvalue weighted by Gasteiger charge is -2.40. The largest absolute Gasteiger partial charge is 0.296 e. The van der Waals surface area contributed by atoms with E-state index < -0.39 is 0 Å². The average Bonchev–Trinajstić information content (AvgIpc) is 2.27. The van der Waals surface area contributed by atoms with Gasteiger partial charge in [-0.15, -0.1) is 0 Å². The molecule has 0 aromatic heterocycles. The predicted molar refractivity (Wildman–Crippen MR) is 67.8 cm³/mol. The molecule has 2 fully saturated rings.